The summed E-state index contributed by atoms with van der Waals surface area (Å²) in [4.78, 5) is 24.2. The minimum atomic E-state index is -1.02. The molecule has 2 rings (SSSR count). The molecule has 0 atom stereocenters. The molecule has 1 N–H and O–H groups in total. The monoisotopic (exact) mass is 265 g/mol. The molecule has 0 fully saturated rings. The van der Waals surface area contributed by atoms with Gasteiger partial charge in [0.15, 0.2) is 11.5 Å². The largest absolute Gasteiger partial charge is 0.493 e. The van der Waals surface area contributed by atoms with Gasteiger partial charge < -0.3 is 19.5 Å². The number of nitrogens with zero attached hydrogens (tertiary/aromatic N) is 1. The Hall–Kier alpha value is -2.24. The molecule has 0 spiro atoms. The predicted octanol–water partition coefficient (Wildman–Crippen LogP) is 0.787. The highest BCUT2D eigenvalue weighted by Gasteiger charge is 2.29. The van der Waals surface area contributed by atoms with E-state index in [1.807, 2.05) is 0 Å². The van der Waals surface area contributed by atoms with Crippen LogP contribution >= 0.6 is 0 Å². The zero-order valence-electron chi connectivity index (χ0n) is 10.8. The topological polar surface area (TPSA) is 76.1 Å². The van der Waals surface area contributed by atoms with Gasteiger partial charge in [-0.25, -0.2) is 0 Å². The van der Waals surface area contributed by atoms with E-state index in [4.69, 9.17) is 14.6 Å². The number of methoxy groups -OCH3 is 2. The molecule has 0 aromatic heterocycles. The summed E-state index contributed by atoms with van der Waals surface area (Å²) >= 11 is 0. The molecule has 0 unspecified atom stereocenters. The molecule has 0 bridgehead atoms. The first kappa shape index (κ1) is 13.2. The average Bonchev–Trinajstić information content (AvgIpc) is 2.40. The van der Waals surface area contributed by atoms with E-state index in [2.05, 4.69) is 0 Å². The summed E-state index contributed by atoms with van der Waals surface area (Å²) in [6.07, 6.45) is 0.550. The Balaban J connectivity index is 2.40. The van der Waals surface area contributed by atoms with E-state index in [1.165, 1.54) is 19.1 Å². The third-order valence-corrected chi connectivity index (χ3v) is 3.12. The van der Waals surface area contributed by atoms with Crippen molar-refractivity contribution in [1.29, 1.82) is 0 Å². The van der Waals surface area contributed by atoms with E-state index in [9.17, 15) is 9.59 Å². The van der Waals surface area contributed by atoms with Crippen LogP contribution in [0.15, 0.2) is 12.1 Å². The van der Waals surface area contributed by atoms with Crippen molar-refractivity contribution in [2.24, 2.45) is 0 Å². The van der Waals surface area contributed by atoms with Crippen molar-refractivity contribution in [2.45, 2.75) is 6.42 Å². The number of ether oxygens (including phenoxy) is 2. The van der Waals surface area contributed by atoms with Crippen molar-refractivity contribution >= 4 is 11.9 Å². The minimum absolute atomic E-state index is 0.285. The Morgan fingerprint density at radius 1 is 1.37 bits per heavy atom. The molecule has 0 radical (unpaired) electrons. The predicted molar refractivity (Wildman–Crippen MR) is 66.8 cm³/mol. The second kappa shape index (κ2) is 5.17. The van der Waals surface area contributed by atoms with Crippen LogP contribution in [-0.2, 0) is 11.2 Å². The van der Waals surface area contributed by atoms with Gasteiger partial charge in [0.25, 0.3) is 5.91 Å². The van der Waals surface area contributed by atoms with Gasteiger partial charge in [0, 0.05) is 17.7 Å². The van der Waals surface area contributed by atoms with Crippen molar-refractivity contribution in [3.05, 3.63) is 23.3 Å². The van der Waals surface area contributed by atoms with E-state index < -0.39 is 5.97 Å². The Bertz CT molecular complexity index is 526. The first-order valence-corrected chi connectivity index (χ1v) is 5.83. The molecule has 1 aromatic carbocycles. The summed E-state index contributed by atoms with van der Waals surface area (Å²) in [6, 6.07) is 3.30. The van der Waals surface area contributed by atoms with Gasteiger partial charge in [0.2, 0.25) is 0 Å². The Labute approximate surface area is 110 Å². The van der Waals surface area contributed by atoms with Gasteiger partial charge in [-0.2, -0.15) is 0 Å². The summed E-state index contributed by atoms with van der Waals surface area (Å²) in [6.45, 7) is 0.0777. The number of aliphatic carboxylic acids is 1. The van der Waals surface area contributed by atoms with Gasteiger partial charge >= 0.3 is 5.97 Å². The second-order valence-electron chi connectivity index (χ2n) is 4.20. The zero-order chi connectivity index (χ0) is 14.0. The molecule has 0 aliphatic carbocycles. The van der Waals surface area contributed by atoms with Crippen LogP contribution < -0.4 is 9.47 Å². The molecule has 0 saturated heterocycles. The van der Waals surface area contributed by atoms with Crippen LogP contribution in [0.3, 0.4) is 0 Å². The van der Waals surface area contributed by atoms with Crippen molar-refractivity contribution < 1.29 is 24.2 Å². The fourth-order valence-electron chi connectivity index (χ4n) is 2.27. The lowest BCUT2D eigenvalue weighted by Gasteiger charge is -2.28. The van der Waals surface area contributed by atoms with Crippen LogP contribution in [0.5, 0.6) is 11.5 Å². The molecule has 1 aromatic rings. The first-order valence-electron chi connectivity index (χ1n) is 5.83. The van der Waals surface area contributed by atoms with Crippen LogP contribution in [-0.4, -0.2) is 49.2 Å². The maximum atomic E-state index is 12.2. The molecule has 1 heterocycles. The number of fused-ring (bicyclic) bond motifs is 1. The van der Waals surface area contributed by atoms with Crippen molar-refractivity contribution in [2.75, 3.05) is 27.3 Å². The highest BCUT2D eigenvalue weighted by Crippen LogP contribution is 2.36. The fourth-order valence-corrected chi connectivity index (χ4v) is 2.27. The number of carboxylic acid groups (broad SMARTS) is 1. The molecular formula is C13H15NO5. The molecule has 0 saturated carbocycles. The van der Waals surface area contributed by atoms with Crippen LogP contribution in [0.2, 0.25) is 0 Å². The van der Waals surface area contributed by atoms with Crippen molar-refractivity contribution in [3.8, 4) is 11.5 Å². The van der Waals surface area contributed by atoms with E-state index in [0.29, 0.717) is 30.0 Å². The van der Waals surface area contributed by atoms with Crippen LogP contribution in [0.4, 0.5) is 0 Å². The fraction of sp³-hybridized carbons (Fsp3) is 0.385. The number of amides is 1. The average molecular weight is 265 g/mol. The maximum Gasteiger partial charge on any atom is 0.323 e. The highest BCUT2D eigenvalue weighted by atomic mass is 16.5. The third kappa shape index (κ3) is 2.33. The van der Waals surface area contributed by atoms with Gasteiger partial charge in [-0.1, -0.05) is 0 Å². The highest BCUT2D eigenvalue weighted by molar-refractivity contribution is 5.99. The quantitative estimate of drug-likeness (QED) is 0.871. The lowest BCUT2D eigenvalue weighted by Crippen LogP contribution is -2.40. The van der Waals surface area contributed by atoms with Crippen LogP contribution in [0, 0.1) is 0 Å². The smallest absolute Gasteiger partial charge is 0.323 e. The SMILES string of the molecule is COc1ccc2c(c1OC)CCN(CC(=O)O)C2=O. The number of hydrogen-bond donors (Lipinski definition) is 1. The molecule has 102 valence electrons. The van der Waals surface area contributed by atoms with Crippen molar-refractivity contribution in [1.82, 2.24) is 4.90 Å². The first-order chi connectivity index (χ1) is 9.08. The number of benzene rings is 1. The Morgan fingerprint density at radius 2 is 2.11 bits per heavy atom. The summed E-state index contributed by atoms with van der Waals surface area (Å²) in [5, 5.41) is 8.78. The normalized spacial score (nSPS) is 14.0. The van der Waals surface area contributed by atoms with Gasteiger partial charge in [-0.15, -0.1) is 0 Å². The van der Waals surface area contributed by atoms with E-state index in [1.54, 1.807) is 12.1 Å². The summed E-state index contributed by atoms with van der Waals surface area (Å²) < 4.78 is 10.5. The molecule has 1 aliphatic heterocycles. The molecule has 6 nitrogen and oxygen atoms in total. The number of carbonyl (C=O) groups excluding carboxylic acids is 1. The number of carbonyl (C=O) groups is 2. The molecule has 6 heteroatoms. The number of rotatable bonds is 4. The molecular weight excluding hydrogens is 250 g/mol. The molecule has 19 heavy (non-hydrogen) atoms. The van der Waals surface area contributed by atoms with E-state index in [0.717, 1.165) is 5.56 Å². The number of carboxylic acids is 1. The van der Waals surface area contributed by atoms with Gasteiger partial charge in [0.1, 0.15) is 6.54 Å². The van der Waals surface area contributed by atoms with Gasteiger partial charge in [-0.3, -0.25) is 9.59 Å². The van der Waals surface area contributed by atoms with Gasteiger partial charge in [-0.05, 0) is 18.6 Å². The summed E-state index contributed by atoms with van der Waals surface area (Å²) in [7, 11) is 3.05. The van der Waals surface area contributed by atoms with Crippen LogP contribution in [0.25, 0.3) is 0 Å². The summed E-state index contributed by atoms with van der Waals surface area (Å²) in [5.74, 6) is -0.189. The molecule has 1 amide bonds. The minimum Gasteiger partial charge on any atom is -0.493 e. The lowest BCUT2D eigenvalue weighted by molar-refractivity contribution is -0.137. The standard InChI is InChI=1S/C13H15NO5/c1-18-10-4-3-9-8(12(10)19-2)5-6-14(13(9)17)7-11(15)16/h3-4H,5-7H2,1-2H3,(H,15,16). The van der Waals surface area contributed by atoms with E-state index in [-0.39, 0.29) is 12.5 Å². The Morgan fingerprint density at radius 3 is 2.68 bits per heavy atom. The Kier molecular flexibility index (Phi) is 3.59. The van der Waals surface area contributed by atoms with E-state index >= 15 is 0 Å². The second-order valence-corrected chi connectivity index (χ2v) is 4.20. The lowest BCUT2D eigenvalue weighted by atomic mass is 9.97. The van der Waals surface area contributed by atoms with Crippen molar-refractivity contribution in [3.63, 3.8) is 0 Å². The van der Waals surface area contributed by atoms with Gasteiger partial charge in [0.05, 0.1) is 14.2 Å². The van der Waals surface area contributed by atoms with Crippen LogP contribution in [0.1, 0.15) is 15.9 Å². The maximum absolute atomic E-state index is 12.2. The number of hydrogen-bond acceptors (Lipinski definition) is 4. The third-order valence-electron chi connectivity index (χ3n) is 3.12. The zero-order valence-corrected chi connectivity index (χ0v) is 10.8. The summed E-state index contributed by atoms with van der Waals surface area (Å²) in [5.41, 5.74) is 1.25. The molecule has 1 aliphatic rings.